The van der Waals surface area contributed by atoms with Gasteiger partial charge < -0.3 is 29.0 Å². The molecule has 1 amide bonds. The van der Waals surface area contributed by atoms with Crippen LogP contribution in [0, 0.1) is 0 Å². The first-order valence-electron chi connectivity index (χ1n) is 8.33. The second kappa shape index (κ2) is 9.68. The Kier molecular flexibility index (Phi) is 7.31. The van der Waals surface area contributed by atoms with Crippen LogP contribution in [-0.4, -0.2) is 48.0 Å². The lowest BCUT2D eigenvalue weighted by Crippen LogP contribution is -2.29. The molecule has 0 bridgehead atoms. The maximum atomic E-state index is 12.7. The van der Waals surface area contributed by atoms with Crippen LogP contribution in [0.2, 0.25) is 0 Å². The summed E-state index contributed by atoms with van der Waals surface area (Å²) >= 11 is 0. The van der Waals surface area contributed by atoms with E-state index in [4.69, 9.17) is 23.7 Å². The molecule has 2 aromatic carbocycles. The van der Waals surface area contributed by atoms with Crippen LogP contribution >= 0.6 is 0 Å². The number of nitrogens with one attached hydrogen (secondary N) is 1. The lowest BCUT2D eigenvalue weighted by Gasteiger charge is -2.19. The van der Waals surface area contributed by atoms with E-state index >= 15 is 0 Å². The molecule has 0 radical (unpaired) electrons. The summed E-state index contributed by atoms with van der Waals surface area (Å²) in [6.07, 6.45) is -0.324. The molecule has 1 atom stereocenters. The Morgan fingerprint density at radius 1 is 0.926 bits per heavy atom. The summed E-state index contributed by atoms with van der Waals surface area (Å²) in [4.78, 5) is 12.7. The van der Waals surface area contributed by atoms with Gasteiger partial charge in [0.15, 0.2) is 11.5 Å². The lowest BCUT2D eigenvalue weighted by atomic mass is 10.1. The Balaban J connectivity index is 2.19. The summed E-state index contributed by atoms with van der Waals surface area (Å²) in [7, 11) is 7.68. The van der Waals surface area contributed by atoms with Crippen molar-refractivity contribution in [1.82, 2.24) is 5.32 Å². The van der Waals surface area contributed by atoms with E-state index in [-0.39, 0.29) is 18.6 Å². The molecule has 2 aromatic rings. The summed E-state index contributed by atoms with van der Waals surface area (Å²) in [5, 5.41) is 2.87. The maximum absolute atomic E-state index is 12.7. The van der Waals surface area contributed by atoms with E-state index in [0.29, 0.717) is 22.8 Å². The average Bonchev–Trinajstić information content (AvgIpc) is 2.72. The van der Waals surface area contributed by atoms with Crippen molar-refractivity contribution >= 4 is 5.91 Å². The van der Waals surface area contributed by atoms with Gasteiger partial charge in [0.1, 0.15) is 5.75 Å². The monoisotopic (exact) mass is 375 g/mol. The standard InChI is InChI=1S/C20H25NO6/c1-23-14-8-6-7-13(11-14)17(25-3)12-21-20(22)15-9-10-16(24-2)19(27-5)18(15)26-4/h6-11,17H,12H2,1-5H3,(H,21,22). The van der Waals surface area contributed by atoms with Crippen molar-refractivity contribution in [1.29, 1.82) is 0 Å². The minimum Gasteiger partial charge on any atom is -0.497 e. The van der Waals surface area contributed by atoms with E-state index in [9.17, 15) is 4.79 Å². The number of rotatable bonds is 9. The van der Waals surface area contributed by atoms with Crippen LogP contribution in [0.1, 0.15) is 22.0 Å². The number of carbonyl (C=O) groups excluding carboxylic acids is 1. The molecule has 7 heteroatoms. The highest BCUT2D eigenvalue weighted by Crippen LogP contribution is 2.39. The molecule has 2 rings (SSSR count). The largest absolute Gasteiger partial charge is 0.497 e. The SMILES string of the molecule is COc1cccc(C(CNC(=O)c2ccc(OC)c(OC)c2OC)OC)c1. The first kappa shape index (κ1) is 20.4. The Morgan fingerprint density at radius 2 is 1.67 bits per heavy atom. The number of ether oxygens (including phenoxy) is 5. The van der Waals surface area contributed by atoms with Crippen molar-refractivity contribution < 1.29 is 28.5 Å². The molecule has 0 aromatic heterocycles. The molecule has 1 N–H and O–H groups in total. The molecule has 0 spiro atoms. The van der Waals surface area contributed by atoms with Crippen molar-refractivity contribution in [3.05, 3.63) is 47.5 Å². The van der Waals surface area contributed by atoms with Crippen LogP contribution in [0.15, 0.2) is 36.4 Å². The third-order valence-corrected chi connectivity index (χ3v) is 4.15. The molecular weight excluding hydrogens is 350 g/mol. The van der Waals surface area contributed by atoms with Crippen LogP contribution in [0.25, 0.3) is 0 Å². The Hall–Kier alpha value is -2.93. The molecule has 0 aliphatic heterocycles. The minimum atomic E-state index is -0.324. The van der Waals surface area contributed by atoms with Gasteiger partial charge in [-0.25, -0.2) is 0 Å². The van der Waals surface area contributed by atoms with Crippen molar-refractivity contribution in [3.63, 3.8) is 0 Å². The molecule has 146 valence electrons. The van der Waals surface area contributed by atoms with E-state index in [1.165, 1.54) is 21.3 Å². The van der Waals surface area contributed by atoms with Crippen molar-refractivity contribution in [3.8, 4) is 23.0 Å². The first-order chi connectivity index (χ1) is 13.1. The molecular formula is C20H25NO6. The smallest absolute Gasteiger partial charge is 0.255 e. The van der Waals surface area contributed by atoms with Crippen LogP contribution < -0.4 is 24.3 Å². The van der Waals surface area contributed by atoms with Crippen molar-refractivity contribution in [2.75, 3.05) is 42.1 Å². The van der Waals surface area contributed by atoms with E-state index in [1.54, 1.807) is 26.4 Å². The van der Waals surface area contributed by atoms with Crippen LogP contribution in [0.4, 0.5) is 0 Å². The van der Waals surface area contributed by atoms with Crippen LogP contribution in [0.5, 0.6) is 23.0 Å². The Morgan fingerprint density at radius 3 is 2.26 bits per heavy atom. The molecule has 0 heterocycles. The van der Waals surface area contributed by atoms with Gasteiger partial charge in [0, 0.05) is 13.7 Å². The van der Waals surface area contributed by atoms with E-state index in [0.717, 1.165) is 11.3 Å². The zero-order valence-electron chi connectivity index (χ0n) is 16.2. The summed E-state index contributed by atoms with van der Waals surface area (Å²) < 4.78 is 26.7. The quantitative estimate of drug-likeness (QED) is 0.726. The van der Waals surface area contributed by atoms with Gasteiger partial charge in [0.2, 0.25) is 5.75 Å². The zero-order chi connectivity index (χ0) is 19.8. The second-order valence-electron chi connectivity index (χ2n) is 5.59. The third kappa shape index (κ3) is 4.62. The topological polar surface area (TPSA) is 75.3 Å². The molecule has 0 aliphatic carbocycles. The number of benzene rings is 2. The molecule has 0 saturated carbocycles. The fourth-order valence-electron chi connectivity index (χ4n) is 2.74. The highest BCUT2D eigenvalue weighted by Gasteiger charge is 2.21. The minimum absolute atomic E-state index is 0.278. The Labute approximate surface area is 159 Å². The lowest BCUT2D eigenvalue weighted by molar-refractivity contribution is 0.0824. The van der Waals surface area contributed by atoms with Crippen molar-refractivity contribution in [2.24, 2.45) is 0 Å². The number of amides is 1. The van der Waals surface area contributed by atoms with Crippen LogP contribution in [-0.2, 0) is 4.74 Å². The Bertz CT molecular complexity index is 777. The maximum Gasteiger partial charge on any atom is 0.255 e. The zero-order valence-corrected chi connectivity index (χ0v) is 16.2. The van der Waals surface area contributed by atoms with Gasteiger partial charge in [-0.1, -0.05) is 12.1 Å². The summed E-state index contributed by atoms with van der Waals surface area (Å²) in [6.45, 7) is 0.278. The predicted molar refractivity (Wildman–Crippen MR) is 101 cm³/mol. The fraction of sp³-hybridized carbons (Fsp3) is 0.350. The molecule has 0 fully saturated rings. The van der Waals surface area contributed by atoms with Crippen LogP contribution in [0.3, 0.4) is 0 Å². The number of carbonyl (C=O) groups is 1. The normalized spacial score (nSPS) is 11.4. The van der Waals surface area contributed by atoms with Gasteiger partial charge in [-0.05, 0) is 29.8 Å². The van der Waals surface area contributed by atoms with Gasteiger partial charge in [0.25, 0.3) is 5.91 Å². The average molecular weight is 375 g/mol. The summed E-state index contributed by atoms with van der Waals surface area (Å²) in [5.41, 5.74) is 1.24. The highest BCUT2D eigenvalue weighted by atomic mass is 16.5. The molecule has 0 aliphatic rings. The molecule has 7 nitrogen and oxygen atoms in total. The number of methoxy groups -OCH3 is 5. The summed E-state index contributed by atoms with van der Waals surface area (Å²) in [6, 6.07) is 10.8. The second-order valence-corrected chi connectivity index (χ2v) is 5.59. The van der Waals surface area contributed by atoms with Gasteiger partial charge >= 0.3 is 0 Å². The first-order valence-corrected chi connectivity index (χ1v) is 8.33. The van der Waals surface area contributed by atoms with E-state index in [2.05, 4.69) is 5.32 Å². The van der Waals surface area contributed by atoms with E-state index < -0.39 is 0 Å². The fourth-order valence-corrected chi connectivity index (χ4v) is 2.74. The predicted octanol–water partition coefficient (Wildman–Crippen LogP) is 2.84. The number of hydrogen-bond acceptors (Lipinski definition) is 6. The highest BCUT2D eigenvalue weighted by molar-refractivity contribution is 5.98. The summed E-state index contributed by atoms with van der Waals surface area (Å²) in [5.74, 6) is 1.57. The number of hydrogen-bond donors (Lipinski definition) is 1. The van der Waals surface area contributed by atoms with Gasteiger partial charge in [-0.2, -0.15) is 0 Å². The van der Waals surface area contributed by atoms with Gasteiger partial charge in [0.05, 0.1) is 40.1 Å². The van der Waals surface area contributed by atoms with Crippen molar-refractivity contribution in [2.45, 2.75) is 6.10 Å². The van der Waals surface area contributed by atoms with E-state index in [1.807, 2.05) is 24.3 Å². The molecule has 1 unspecified atom stereocenters. The molecule has 0 saturated heterocycles. The van der Waals surface area contributed by atoms with Gasteiger partial charge in [-0.15, -0.1) is 0 Å². The van der Waals surface area contributed by atoms with Gasteiger partial charge in [-0.3, -0.25) is 4.79 Å². The third-order valence-electron chi connectivity index (χ3n) is 4.15. The molecule has 27 heavy (non-hydrogen) atoms.